The van der Waals surface area contributed by atoms with E-state index < -0.39 is 5.82 Å². The average Bonchev–Trinajstić information content (AvgIpc) is 2.41. The highest BCUT2D eigenvalue weighted by atomic mass is 79.9. The van der Waals surface area contributed by atoms with Crippen molar-refractivity contribution in [2.24, 2.45) is 0 Å². The minimum Gasteiger partial charge on any atom is -0.334 e. The quantitative estimate of drug-likeness (QED) is 0.753. The number of nitrogens with zero attached hydrogens (tertiary/aromatic N) is 1. The van der Waals surface area contributed by atoms with Gasteiger partial charge in [0.15, 0.2) is 0 Å². The Hall–Kier alpha value is -0.610. The lowest BCUT2D eigenvalue weighted by Gasteiger charge is -2.34. The smallest absolute Gasteiger partial charge is 0.257 e. The monoisotopic (exact) mass is 333 g/mol. The molecule has 1 aliphatic rings. The van der Waals surface area contributed by atoms with E-state index in [0.29, 0.717) is 16.9 Å². The second-order valence-electron chi connectivity index (χ2n) is 4.40. The molecule has 1 amide bonds. The average molecular weight is 335 g/mol. The maximum Gasteiger partial charge on any atom is 0.257 e. The number of likely N-dealkylation sites (tertiary alicyclic amines) is 1. The molecule has 1 fully saturated rings. The third-order valence-corrected chi connectivity index (χ3v) is 4.22. The van der Waals surface area contributed by atoms with Crippen LogP contribution in [0.5, 0.6) is 0 Å². The lowest BCUT2D eigenvalue weighted by Crippen LogP contribution is -2.45. The van der Waals surface area contributed by atoms with Crippen LogP contribution in [0.1, 0.15) is 29.6 Å². The van der Waals surface area contributed by atoms with E-state index in [4.69, 9.17) is 11.6 Å². The molecule has 0 spiro atoms. The second-order valence-corrected chi connectivity index (χ2v) is 5.57. The Morgan fingerprint density at radius 3 is 3.00 bits per heavy atom. The highest BCUT2D eigenvalue weighted by Crippen LogP contribution is 2.24. The van der Waals surface area contributed by atoms with Crippen LogP contribution in [-0.2, 0) is 0 Å². The highest BCUT2D eigenvalue weighted by molar-refractivity contribution is 9.10. The third kappa shape index (κ3) is 2.69. The first kappa shape index (κ1) is 13.8. The molecule has 1 aromatic carbocycles. The molecular weight excluding hydrogens is 321 g/mol. The van der Waals surface area contributed by atoms with Crippen LogP contribution in [0.3, 0.4) is 0 Å². The summed E-state index contributed by atoms with van der Waals surface area (Å²) >= 11 is 8.98. The maximum atomic E-state index is 13.9. The summed E-state index contributed by atoms with van der Waals surface area (Å²) in [5.74, 6) is -0.359. The molecule has 1 saturated heterocycles. The topological polar surface area (TPSA) is 20.3 Å². The number of carbonyl (C=O) groups excluding carboxylic acids is 1. The minimum absolute atomic E-state index is 0.0197. The first-order valence-corrected chi connectivity index (χ1v) is 7.29. The Morgan fingerprint density at radius 1 is 1.50 bits per heavy atom. The molecule has 2 rings (SSSR count). The number of benzene rings is 1. The number of alkyl halides is 1. The van der Waals surface area contributed by atoms with Crippen molar-refractivity contribution in [1.29, 1.82) is 0 Å². The number of rotatable bonds is 2. The van der Waals surface area contributed by atoms with Gasteiger partial charge in [-0.3, -0.25) is 4.79 Å². The molecule has 1 aliphatic heterocycles. The van der Waals surface area contributed by atoms with Gasteiger partial charge in [0.05, 0.1) is 10.0 Å². The van der Waals surface area contributed by atoms with E-state index in [0.717, 1.165) is 19.3 Å². The van der Waals surface area contributed by atoms with E-state index in [-0.39, 0.29) is 17.5 Å². The summed E-state index contributed by atoms with van der Waals surface area (Å²) in [5, 5.41) is 0. The van der Waals surface area contributed by atoms with Gasteiger partial charge in [0.1, 0.15) is 5.82 Å². The summed E-state index contributed by atoms with van der Waals surface area (Å²) in [5.41, 5.74) is 0.112. The largest absolute Gasteiger partial charge is 0.334 e. The van der Waals surface area contributed by atoms with Gasteiger partial charge < -0.3 is 4.90 Å². The van der Waals surface area contributed by atoms with E-state index >= 15 is 0 Å². The Bertz CT molecular complexity index is 455. The predicted octanol–water partition coefficient (Wildman–Crippen LogP) is 3.82. The maximum absolute atomic E-state index is 13.9. The molecule has 1 unspecified atom stereocenters. The minimum atomic E-state index is -0.499. The van der Waals surface area contributed by atoms with Crippen LogP contribution in [0.15, 0.2) is 22.7 Å². The van der Waals surface area contributed by atoms with Crippen LogP contribution < -0.4 is 0 Å². The van der Waals surface area contributed by atoms with E-state index in [1.165, 1.54) is 6.07 Å². The van der Waals surface area contributed by atoms with Crippen LogP contribution >= 0.6 is 27.5 Å². The summed E-state index contributed by atoms with van der Waals surface area (Å²) in [7, 11) is 0. The molecule has 0 N–H and O–H groups in total. The van der Waals surface area contributed by atoms with Crippen molar-refractivity contribution in [3.05, 3.63) is 34.1 Å². The Kier molecular flexibility index (Phi) is 4.62. The van der Waals surface area contributed by atoms with Crippen LogP contribution in [0.2, 0.25) is 0 Å². The fourth-order valence-electron chi connectivity index (χ4n) is 2.25. The number of carbonyl (C=O) groups is 1. The summed E-state index contributed by atoms with van der Waals surface area (Å²) in [4.78, 5) is 14.0. The summed E-state index contributed by atoms with van der Waals surface area (Å²) in [6.45, 7) is 0.655. The van der Waals surface area contributed by atoms with Gasteiger partial charge in [-0.2, -0.15) is 0 Å². The number of hydrogen-bond acceptors (Lipinski definition) is 1. The molecule has 0 saturated carbocycles. The predicted molar refractivity (Wildman–Crippen MR) is 73.5 cm³/mol. The fraction of sp³-hybridized carbons (Fsp3) is 0.462. The molecule has 0 aromatic heterocycles. The first-order valence-electron chi connectivity index (χ1n) is 5.96. The summed E-state index contributed by atoms with van der Waals surface area (Å²) < 4.78 is 14.2. The first-order chi connectivity index (χ1) is 8.65. The second kappa shape index (κ2) is 6.02. The van der Waals surface area contributed by atoms with Crippen molar-refractivity contribution in [3.8, 4) is 0 Å². The lowest BCUT2D eigenvalue weighted by molar-refractivity contribution is 0.0634. The van der Waals surface area contributed by atoms with Gasteiger partial charge in [-0.1, -0.05) is 6.07 Å². The molecule has 0 bridgehead atoms. The highest BCUT2D eigenvalue weighted by Gasteiger charge is 2.28. The molecule has 1 heterocycles. The Labute approximate surface area is 119 Å². The molecule has 1 aromatic rings. The summed E-state index contributed by atoms with van der Waals surface area (Å²) in [6, 6.07) is 4.79. The molecule has 18 heavy (non-hydrogen) atoms. The van der Waals surface area contributed by atoms with Gasteiger partial charge in [-0.15, -0.1) is 11.6 Å². The molecular formula is C13H14BrClFNO. The van der Waals surface area contributed by atoms with Gasteiger partial charge in [-0.25, -0.2) is 4.39 Å². The van der Waals surface area contributed by atoms with Crippen LogP contribution in [0.4, 0.5) is 4.39 Å². The van der Waals surface area contributed by atoms with Crippen LogP contribution in [0.25, 0.3) is 0 Å². The van der Waals surface area contributed by atoms with Crippen molar-refractivity contribution < 1.29 is 9.18 Å². The molecule has 0 radical (unpaired) electrons. The molecule has 5 heteroatoms. The molecule has 0 aliphatic carbocycles. The number of halogens is 3. The summed E-state index contributed by atoms with van der Waals surface area (Å²) in [6.07, 6.45) is 2.92. The standard InChI is InChI=1S/C13H14BrClFNO/c14-11-6-3-5-10(12(11)16)13(18)17-7-2-1-4-9(17)8-15/h3,5-6,9H,1-2,4,7-8H2. The number of amides is 1. The van der Waals surface area contributed by atoms with Crippen molar-refractivity contribution in [3.63, 3.8) is 0 Å². The van der Waals surface area contributed by atoms with Gasteiger partial charge in [0.25, 0.3) is 5.91 Å². The van der Waals surface area contributed by atoms with Crippen LogP contribution in [0, 0.1) is 5.82 Å². The van der Waals surface area contributed by atoms with Crippen molar-refractivity contribution in [2.75, 3.05) is 12.4 Å². The molecule has 2 nitrogen and oxygen atoms in total. The molecule has 98 valence electrons. The van der Waals surface area contributed by atoms with Gasteiger partial charge in [0.2, 0.25) is 0 Å². The Balaban J connectivity index is 2.27. The Morgan fingerprint density at radius 2 is 2.28 bits per heavy atom. The van der Waals surface area contributed by atoms with Crippen molar-refractivity contribution in [1.82, 2.24) is 4.90 Å². The van der Waals surface area contributed by atoms with E-state index in [1.807, 2.05) is 0 Å². The zero-order valence-corrected chi connectivity index (χ0v) is 12.2. The molecule has 1 atom stereocenters. The lowest BCUT2D eigenvalue weighted by atomic mass is 10.0. The SMILES string of the molecule is O=C(c1cccc(Br)c1F)N1CCCCC1CCl. The van der Waals surface area contributed by atoms with Crippen LogP contribution in [-0.4, -0.2) is 29.3 Å². The van der Waals surface area contributed by atoms with Gasteiger partial charge >= 0.3 is 0 Å². The zero-order valence-electron chi connectivity index (χ0n) is 9.83. The zero-order chi connectivity index (χ0) is 13.1. The van der Waals surface area contributed by atoms with Crippen molar-refractivity contribution >= 4 is 33.4 Å². The third-order valence-electron chi connectivity index (χ3n) is 3.25. The van der Waals surface area contributed by atoms with Gasteiger partial charge in [-0.05, 0) is 47.3 Å². The van der Waals surface area contributed by atoms with E-state index in [2.05, 4.69) is 15.9 Å². The number of piperidine rings is 1. The fourth-order valence-corrected chi connectivity index (χ4v) is 2.94. The number of hydrogen-bond donors (Lipinski definition) is 0. The van der Waals surface area contributed by atoms with E-state index in [9.17, 15) is 9.18 Å². The normalized spacial score (nSPS) is 19.9. The van der Waals surface area contributed by atoms with Crippen molar-refractivity contribution in [2.45, 2.75) is 25.3 Å². The van der Waals surface area contributed by atoms with E-state index in [1.54, 1.807) is 17.0 Å². The van der Waals surface area contributed by atoms with Gasteiger partial charge in [0, 0.05) is 18.5 Å².